The quantitative estimate of drug-likeness (QED) is 0.819. The molecule has 2 rings (SSSR count). The molecule has 1 aromatic carbocycles. The number of amides is 1. The van der Waals surface area contributed by atoms with Crippen molar-refractivity contribution in [1.82, 2.24) is 15.3 Å². The van der Waals surface area contributed by atoms with Crippen LogP contribution in [0.4, 0.5) is 5.82 Å². The summed E-state index contributed by atoms with van der Waals surface area (Å²) in [5.41, 5.74) is 0.749. The Morgan fingerprint density at radius 3 is 3.00 bits per heavy atom. The highest BCUT2D eigenvalue weighted by Gasteiger charge is 2.12. The van der Waals surface area contributed by atoms with Crippen LogP contribution in [0.2, 0.25) is 5.02 Å². The lowest BCUT2D eigenvalue weighted by Gasteiger charge is -2.19. The van der Waals surface area contributed by atoms with Crippen molar-refractivity contribution in [3.8, 4) is 0 Å². The number of aromatic nitrogens is 2. The standard InChI is InChI=1S/C14H17ClN4O2/c1-19(8-13(20)16-5-6-21-2)14-11-4-3-10(15)7-12(11)17-9-18-14/h3-4,7,9H,5-6,8H2,1-2H3,(H,16,20). The minimum atomic E-state index is -0.0877. The van der Waals surface area contributed by atoms with Crippen LogP contribution >= 0.6 is 11.6 Å². The van der Waals surface area contributed by atoms with Gasteiger partial charge in [0.05, 0.1) is 18.7 Å². The van der Waals surface area contributed by atoms with Crippen molar-refractivity contribution in [2.75, 3.05) is 38.8 Å². The SMILES string of the molecule is COCCNC(=O)CN(C)c1ncnc2cc(Cl)ccc12. The molecule has 0 bridgehead atoms. The van der Waals surface area contributed by atoms with Gasteiger partial charge in [0.2, 0.25) is 5.91 Å². The number of rotatable bonds is 6. The molecule has 0 unspecified atom stereocenters. The first-order valence-corrected chi connectivity index (χ1v) is 6.86. The van der Waals surface area contributed by atoms with Crippen LogP contribution in [-0.4, -0.2) is 49.7 Å². The molecule has 6 nitrogen and oxygen atoms in total. The van der Waals surface area contributed by atoms with E-state index in [-0.39, 0.29) is 12.5 Å². The second kappa shape index (κ2) is 7.19. The number of likely N-dealkylation sites (N-methyl/N-ethyl adjacent to an activating group) is 1. The molecule has 0 radical (unpaired) electrons. The molecule has 1 heterocycles. The Kier molecular flexibility index (Phi) is 5.30. The highest BCUT2D eigenvalue weighted by Crippen LogP contribution is 2.24. The van der Waals surface area contributed by atoms with Crippen LogP contribution in [0.3, 0.4) is 0 Å². The van der Waals surface area contributed by atoms with Gasteiger partial charge in [-0.1, -0.05) is 11.6 Å². The number of hydrogen-bond donors (Lipinski definition) is 1. The third-order valence-corrected chi connectivity index (χ3v) is 3.18. The molecule has 0 fully saturated rings. The molecule has 0 aliphatic rings. The fourth-order valence-electron chi connectivity index (χ4n) is 1.96. The number of nitrogens with zero attached hydrogens (tertiary/aromatic N) is 3. The average Bonchev–Trinajstić information content (AvgIpc) is 2.46. The predicted octanol–water partition coefficient (Wildman–Crippen LogP) is 1.48. The van der Waals surface area contributed by atoms with Crippen molar-refractivity contribution < 1.29 is 9.53 Å². The second-order valence-electron chi connectivity index (χ2n) is 4.56. The summed E-state index contributed by atoms with van der Waals surface area (Å²) in [6, 6.07) is 5.41. The highest BCUT2D eigenvalue weighted by molar-refractivity contribution is 6.31. The lowest BCUT2D eigenvalue weighted by atomic mass is 10.2. The number of nitrogens with one attached hydrogen (secondary N) is 1. The zero-order chi connectivity index (χ0) is 15.2. The summed E-state index contributed by atoms with van der Waals surface area (Å²) in [4.78, 5) is 22.0. The zero-order valence-electron chi connectivity index (χ0n) is 12.0. The molecule has 1 aromatic heterocycles. The van der Waals surface area contributed by atoms with E-state index >= 15 is 0 Å². The molecule has 0 saturated heterocycles. The maximum Gasteiger partial charge on any atom is 0.239 e. The molecule has 7 heteroatoms. The van der Waals surface area contributed by atoms with Gasteiger partial charge < -0.3 is 15.0 Å². The van der Waals surface area contributed by atoms with Gasteiger partial charge in [-0.2, -0.15) is 0 Å². The third kappa shape index (κ3) is 4.03. The Morgan fingerprint density at radius 1 is 1.43 bits per heavy atom. The van der Waals surface area contributed by atoms with E-state index in [0.717, 1.165) is 10.9 Å². The van der Waals surface area contributed by atoms with Gasteiger partial charge in [0.25, 0.3) is 0 Å². The van der Waals surface area contributed by atoms with E-state index in [4.69, 9.17) is 16.3 Å². The summed E-state index contributed by atoms with van der Waals surface area (Å²) in [5.74, 6) is 0.605. The Balaban J connectivity index is 2.12. The van der Waals surface area contributed by atoms with E-state index in [0.29, 0.717) is 24.0 Å². The Hall–Kier alpha value is -1.92. The second-order valence-corrected chi connectivity index (χ2v) is 4.99. The number of halogens is 1. The minimum Gasteiger partial charge on any atom is -0.383 e. The van der Waals surface area contributed by atoms with E-state index in [1.165, 1.54) is 6.33 Å². The topological polar surface area (TPSA) is 67.3 Å². The van der Waals surface area contributed by atoms with Crippen LogP contribution in [0.25, 0.3) is 10.9 Å². The number of fused-ring (bicyclic) bond motifs is 1. The molecule has 0 aliphatic carbocycles. The summed E-state index contributed by atoms with van der Waals surface area (Å²) in [6.07, 6.45) is 1.47. The number of methoxy groups -OCH3 is 1. The molecule has 0 saturated carbocycles. The number of carbonyl (C=O) groups is 1. The van der Waals surface area contributed by atoms with Crippen molar-refractivity contribution in [3.63, 3.8) is 0 Å². The van der Waals surface area contributed by atoms with Crippen LogP contribution in [0.1, 0.15) is 0 Å². The molecule has 0 aliphatic heterocycles. The summed E-state index contributed by atoms with van der Waals surface area (Å²) < 4.78 is 4.89. The molecule has 1 amide bonds. The first kappa shape index (κ1) is 15.5. The number of carbonyl (C=O) groups excluding carboxylic acids is 1. The zero-order valence-corrected chi connectivity index (χ0v) is 12.7. The molecule has 112 valence electrons. The third-order valence-electron chi connectivity index (χ3n) is 2.95. The van der Waals surface area contributed by atoms with Gasteiger partial charge in [0.1, 0.15) is 12.1 Å². The van der Waals surface area contributed by atoms with Gasteiger partial charge in [0.15, 0.2) is 0 Å². The van der Waals surface area contributed by atoms with Crippen molar-refractivity contribution in [1.29, 1.82) is 0 Å². The average molecular weight is 309 g/mol. The first-order chi connectivity index (χ1) is 10.1. The summed E-state index contributed by atoms with van der Waals surface area (Å²) in [6.45, 7) is 1.19. The largest absolute Gasteiger partial charge is 0.383 e. The van der Waals surface area contributed by atoms with Gasteiger partial charge >= 0.3 is 0 Å². The number of hydrogen-bond acceptors (Lipinski definition) is 5. The minimum absolute atomic E-state index is 0.0877. The normalized spacial score (nSPS) is 10.6. The predicted molar refractivity (Wildman–Crippen MR) is 82.7 cm³/mol. The van der Waals surface area contributed by atoms with E-state index in [1.807, 2.05) is 13.1 Å². The summed E-state index contributed by atoms with van der Waals surface area (Å²) >= 11 is 5.96. The lowest BCUT2D eigenvalue weighted by Crippen LogP contribution is -2.37. The molecule has 2 aromatic rings. The van der Waals surface area contributed by atoms with E-state index < -0.39 is 0 Å². The van der Waals surface area contributed by atoms with E-state index in [2.05, 4.69) is 15.3 Å². The Morgan fingerprint density at radius 2 is 2.24 bits per heavy atom. The van der Waals surface area contributed by atoms with Gasteiger partial charge in [-0.05, 0) is 18.2 Å². The number of anilines is 1. The maximum absolute atomic E-state index is 11.8. The molecule has 0 atom stereocenters. The maximum atomic E-state index is 11.8. The van der Waals surface area contributed by atoms with Crippen LogP contribution < -0.4 is 10.2 Å². The van der Waals surface area contributed by atoms with Crippen LogP contribution in [0.5, 0.6) is 0 Å². The number of benzene rings is 1. The molecular weight excluding hydrogens is 292 g/mol. The fourth-order valence-corrected chi connectivity index (χ4v) is 2.13. The smallest absolute Gasteiger partial charge is 0.239 e. The van der Waals surface area contributed by atoms with Gasteiger partial charge in [0, 0.05) is 31.1 Å². The molecule has 1 N–H and O–H groups in total. The highest BCUT2D eigenvalue weighted by atomic mass is 35.5. The lowest BCUT2D eigenvalue weighted by molar-refractivity contribution is -0.119. The molecular formula is C14H17ClN4O2. The Bertz CT molecular complexity index is 635. The molecule has 21 heavy (non-hydrogen) atoms. The van der Waals surface area contributed by atoms with Gasteiger partial charge in [-0.25, -0.2) is 9.97 Å². The van der Waals surface area contributed by atoms with Crippen molar-refractivity contribution >= 4 is 34.2 Å². The van der Waals surface area contributed by atoms with Crippen LogP contribution in [0.15, 0.2) is 24.5 Å². The van der Waals surface area contributed by atoms with Gasteiger partial charge in [-0.3, -0.25) is 4.79 Å². The van der Waals surface area contributed by atoms with Crippen LogP contribution in [-0.2, 0) is 9.53 Å². The van der Waals surface area contributed by atoms with Crippen molar-refractivity contribution in [3.05, 3.63) is 29.5 Å². The summed E-state index contributed by atoms with van der Waals surface area (Å²) in [5, 5.41) is 4.24. The molecule has 0 spiro atoms. The first-order valence-electron chi connectivity index (χ1n) is 6.49. The fraction of sp³-hybridized carbons (Fsp3) is 0.357. The van der Waals surface area contributed by atoms with Crippen molar-refractivity contribution in [2.45, 2.75) is 0 Å². The number of ether oxygens (including phenoxy) is 1. The van der Waals surface area contributed by atoms with Crippen molar-refractivity contribution in [2.24, 2.45) is 0 Å². The monoisotopic (exact) mass is 308 g/mol. The van der Waals surface area contributed by atoms with Crippen LogP contribution in [0, 0.1) is 0 Å². The van der Waals surface area contributed by atoms with Gasteiger partial charge in [-0.15, -0.1) is 0 Å². The summed E-state index contributed by atoms with van der Waals surface area (Å²) in [7, 11) is 3.41. The van der Waals surface area contributed by atoms with E-state index in [1.54, 1.807) is 24.1 Å². The van der Waals surface area contributed by atoms with E-state index in [9.17, 15) is 4.79 Å². The Labute approximate surface area is 128 Å².